The van der Waals surface area contributed by atoms with Gasteiger partial charge in [-0.1, -0.05) is 6.07 Å². The third-order valence-electron chi connectivity index (χ3n) is 5.46. The van der Waals surface area contributed by atoms with Crippen LogP contribution in [0.5, 0.6) is 11.5 Å². The van der Waals surface area contributed by atoms with Crippen LogP contribution in [0, 0.1) is 13.8 Å². The van der Waals surface area contributed by atoms with Gasteiger partial charge in [-0.15, -0.1) is 10.2 Å². The number of hydrogen-bond acceptors (Lipinski definition) is 6. The van der Waals surface area contributed by atoms with Crippen LogP contribution in [-0.4, -0.2) is 57.9 Å². The van der Waals surface area contributed by atoms with Crippen molar-refractivity contribution in [2.24, 2.45) is 0 Å². The Kier molecular flexibility index (Phi) is 5.08. The van der Waals surface area contributed by atoms with Crippen molar-refractivity contribution >= 4 is 11.6 Å². The first-order valence-electron chi connectivity index (χ1n) is 9.79. The maximum absolute atomic E-state index is 12.9. The highest BCUT2D eigenvalue weighted by molar-refractivity contribution is 5.93. The molecule has 3 heterocycles. The number of aryl methyl sites for hydroxylation is 2. The van der Waals surface area contributed by atoms with E-state index in [2.05, 4.69) is 15.3 Å². The van der Waals surface area contributed by atoms with E-state index in [-0.39, 0.29) is 5.91 Å². The second-order valence-corrected chi connectivity index (χ2v) is 7.25. The molecule has 0 saturated carbocycles. The number of carbonyl (C=O) groups is 1. The van der Waals surface area contributed by atoms with Gasteiger partial charge in [0.25, 0.3) is 5.91 Å². The lowest BCUT2D eigenvalue weighted by atomic mass is 10.1. The second-order valence-electron chi connectivity index (χ2n) is 7.25. The molecular formula is C21H25N5O3. The van der Waals surface area contributed by atoms with Gasteiger partial charge >= 0.3 is 0 Å². The van der Waals surface area contributed by atoms with Gasteiger partial charge < -0.3 is 14.4 Å². The van der Waals surface area contributed by atoms with Crippen LogP contribution in [0.25, 0.3) is 16.8 Å². The molecule has 1 saturated heterocycles. The SMILES string of the molecule is COc1ccc(-c2c(C)nn3c(C)c(C(=O)N4CCCCC4)nnc23)cc1OC. The van der Waals surface area contributed by atoms with E-state index in [1.165, 1.54) is 6.42 Å². The van der Waals surface area contributed by atoms with Gasteiger partial charge in [0.1, 0.15) is 0 Å². The monoisotopic (exact) mass is 395 g/mol. The van der Waals surface area contributed by atoms with Crippen LogP contribution >= 0.6 is 0 Å². The predicted octanol–water partition coefficient (Wildman–Crippen LogP) is 3.05. The number of piperidine rings is 1. The van der Waals surface area contributed by atoms with Gasteiger partial charge in [-0.05, 0) is 50.8 Å². The van der Waals surface area contributed by atoms with E-state index in [9.17, 15) is 4.79 Å². The minimum Gasteiger partial charge on any atom is -0.493 e. The molecule has 1 aliphatic heterocycles. The topological polar surface area (TPSA) is 81.9 Å². The molecule has 0 spiro atoms. The molecule has 3 aromatic rings. The quantitative estimate of drug-likeness (QED) is 0.675. The number of ether oxygens (including phenoxy) is 2. The molecular weight excluding hydrogens is 370 g/mol. The molecule has 2 aromatic heterocycles. The Balaban J connectivity index is 1.79. The summed E-state index contributed by atoms with van der Waals surface area (Å²) in [5.41, 5.74) is 4.23. The van der Waals surface area contributed by atoms with E-state index >= 15 is 0 Å². The van der Waals surface area contributed by atoms with Crippen LogP contribution in [0.2, 0.25) is 0 Å². The molecule has 0 aliphatic carbocycles. The molecule has 1 amide bonds. The molecule has 8 heteroatoms. The molecule has 8 nitrogen and oxygen atoms in total. The lowest BCUT2D eigenvalue weighted by molar-refractivity contribution is 0.0715. The van der Waals surface area contributed by atoms with E-state index in [4.69, 9.17) is 9.47 Å². The Morgan fingerprint density at radius 1 is 1.00 bits per heavy atom. The molecule has 0 bridgehead atoms. The van der Waals surface area contributed by atoms with Gasteiger partial charge in [0, 0.05) is 13.1 Å². The summed E-state index contributed by atoms with van der Waals surface area (Å²) in [5.74, 6) is 1.21. The lowest BCUT2D eigenvalue weighted by Gasteiger charge is -2.26. The fourth-order valence-corrected chi connectivity index (χ4v) is 3.89. The number of rotatable bonds is 4. The summed E-state index contributed by atoms with van der Waals surface area (Å²) in [7, 11) is 3.21. The van der Waals surface area contributed by atoms with Crippen LogP contribution in [-0.2, 0) is 0 Å². The predicted molar refractivity (Wildman–Crippen MR) is 109 cm³/mol. The number of benzene rings is 1. The molecule has 1 aromatic carbocycles. The van der Waals surface area contributed by atoms with Crippen molar-refractivity contribution < 1.29 is 14.3 Å². The zero-order chi connectivity index (χ0) is 20.5. The van der Waals surface area contributed by atoms with E-state index in [0.717, 1.165) is 42.8 Å². The minimum atomic E-state index is -0.0718. The third kappa shape index (κ3) is 3.28. The standard InChI is InChI=1S/C21H25N5O3/c1-13-18(15-8-9-16(28-3)17(12-15)29-4)20-23-22-19(14(2)26(20)24-13)21(27)25-10-6-5-7-11-25/h8-9,12H,5-7,10-11H2,1-4H3. The van der Waals surface area contributed by atoms with Crippen molar-refractivity contribution in [1.29, 1.82) is 0 Å². The molecule has 4 rings (SSSR count). The number of likely N-dealkylation sites (tertiary alicyclic amines) is 1. The third-order valence-corrected chi connectivity index (χ3v) is 5.46. The first-order chi connectivity index (χ1) is 14.0. The van der Waals surface area contributed by atoms with Crippen molar-refractivity contribution in [2.75, 3.05) is 27.3 Å². The fraction of sp³-hybridized carbons (Fsp3) is 0.429. The number of fused-ring (bicyclic) bond motifs is 1. The fourth-order valence-electron chi connectivity index (χ4n) is 3.89. The largest absolute Gasteiger partial charge is 0.493 e. The van der Waals surface area contributed by atoms with Gasteiger partial charge in [-0.25, -0.2) is 4.52 Å². The molecule has 0 atom stereocenters. The summed E-state index contributed by atoms with van der Waals surface area (Å²) in [4.78, 5) is 14.8. The Hall–Kier alpha value is -3.16. The van der Waals surface area contributed by atoms with Crippen LogP contribution < -0.4 is 9.47 Å². The average molecular weight is 395 g/mol. The summed E-state index contributed by atoms with van der Waals surface area (Å²) in [6.45, 7) is 5.33. The Morgan fingerprint density at radius 3 is 2.41 bits per heavy atom. The Labute approximate surface area is 169 Å². The number of amides is 1. The summed E-state index contributed by atoms with van der Waals surface area (Å²) < 4.78 is 12.5. The highest BCUT2D eigenvalue weighted by atomic mass is 16.5. The smallest absolute Gasteiger partial charge is 0.276 e. The van der Waals surface area contributed by atoms with Crippen LogP contribution in [0.1, 0.15) is 41.1 Å². The molecule has 0 N–H and O–H groups in total. The van der Waals surface area contributed by atoms with Crippen LogP contribution in [0.3, 0.4) is 0 Å². The number of methoxy groups -OCH3 is 2. The molecule has 1 aliphatic rings. The summed E-state index contributed by atoms with van der Waals surface area (Å²) in [6, 6.07) is 5.69. The van der Waals surface area contributed by atoms with E-state index < -0.39 is 0 Å². The first kappa shape index (κ1) is 19.2. The molecule has 152 valence electrons. The van der Waals surface area contributed by atoms with Crippen LogP contribution in [0.15, 0.2) is 18.2 Å². The zero-order valence-electron chi connectivity index (χ0n) is 17.2. The number of aromatic nitrogens is 4. The van der Waals surface area contributed by atoms with Gasteiger partial charge in [-0.2, -0.15) is 5.10 Å². The normalized spacial score (nSPS) is 14.3. The van der Waals surface area contributed by atoms with E-state index in [1.807, 2.05) is 36.9 Å². The number of carbonyl (C=O) groups excluding carboxylic acids is 1. The zero-order valence-corrected chi connectivity index (χ0v) is 17.2. The number of hydrogen-bond donors (Lipinski definition) is 0. The molecule has 29 heavy (non-hydrogen) atoms. The van der Waals surface area contributed by atoms with E-state index in [1.54, 1.807) is 18.7 Å². The summed E-state index contributed by atoms with van der Waals surface area (Å²) >= 11 is 0. The first-order valence-corrected chi connectivity index (χ1v) is 9.79. The molecule has 1 fully saturated rings. The van der Waals surface area contributed by atoms with Crippen molar-refractivity contribution in [1.82, 2.24) is 24.7 Å². The maximum Gasteiger partial charge on any atom is 0.276 e. The molecule has 0 unspecified atom stereocenters. The molecule has 0 radical (unpaired) electrons. The number of nitrogens with zero attached hydrogens (tertiary/aromatic N) is 5. The average Bonchev–Trinajstić information content (AvgIpc) is 3.10. The van der Waals surface area contributed by atoms with Crippen molar-refractivity contribution in [3.05, 3.63) is 35.3 Å². The summed E-state index contributed by atoms with van der Waals surface area (Å²) in [5, 5.41) is 13.3. The van der Waals surface area contributed by atoms with Gasteiger partial charge in [0.05, 0.1) is 31.2 Å². The minimum absolute atomic E-state index is 0.0718. The van der Waals surface area contributed by atoms with E-state index in [0.29, 0.717) is 28.5 Å². The van der Waals surface area contributed by atoms with Crippen molar-refractivity contribution in [3.63, 3.8) is 0 Å². The lowest BCUT2D eigenvalue weighted by Crippen LogP contribution is -2.37. The highest BCUT2D eigenvalue weighted by Gasteiger charge is 2.25. The van der Waals surface area contributed by atoms with Gasteiger partial charge in [0.15, 0.2) is 22.8 Å². The second kappa shape index (κ2) is 7.69. The van der Waals surface area contributed by atoms with Crippen molar-refractivity contribution in [3.8, 4) is 22.6 Å². The van der Waals surface area contributed by atoms with Gasteiger partial charge in [0.2, 0.25) is 0 Å². The van der Waals surface area contributed by atoms with Crippen LogP contribution in [0.4, 0.5) is 0 Å². The highest BCUT2D eigenvalue weighted by Crippen LogP contribution is 2.35. The summed E-state index contributed by atoms with van der Waals surface area (Å²) in [6.07, 6.45) is 3.23. The maximum atomic E-state index is 12.9. The Bertz CT molecular complexity index is 1070. The Morgan fingerprint density at radius 2 is 1.72 bits per heavy atom. The van der Waals surface area contributed by atoms with Gasteiger partial charge in [-0.3, -0.25) is 4.79 Å². The van der Waals surface area contributed by atoms with Crippen molar-refractivity contribution in [2.45, 2.75) is 33.1 Å².